The summed E-state index contributed by atoms with van der Waals surface area (Å²) in [7, 11) is 0. The van der Waals surface area contributed by atoms with E-state index in [1.807, 2.05) is 11.8 Å². The topological polar surface area (TPSA) is 49.3 Å². The molecule has 0 spiro atoms. The summed E-state index contributed by atoms with van der Waals surface area (Å²) in [5.41, 5.74) is 0. The second-order valence-electron chi connectivity index (χ2n) is 4.69. The molecule has 0 radical (unpaired) electrons. The van der Waals surface area contributed by atoms with Gasteiger partial charge in [-0.25, -0.2) is 4.98 Å². The van der Waals surface area contributed by atoms with Crippen LogP contribution in [0, 0.1) is 5.92 Å². The lowest BCUT2D eigenvalue weighted by Crippen LogP contribution is -2.50. The van der Waals surface area contributed by atoms with Crippen molar-refractivity contribution in [3.05, 3.63) is 18.6 Å². The molecule has 0 aliphatic carbocycles. The second-order valence-corrected chi connectivity index (χ2v) is 4.69. The Bertz CT molecular complexity index is 387. The zero-order valence-electron chi connectivity index (χ0n) is 11.0. The van der Waals surface area contributed by atoms with Gasteiger partial charge in [0.2, 0.25) is 5.91 Å². The molecular weight excluding hydrogens is 228 g/mol. The van der Waals surface area contributed by atoms with Crippen LogP contribution < -0.4 is 4.90 Å². The molecule has 98 valence electrons. The quantitative estimate of drug-likeness (QED) is 0.805. The number of nitrogens with zero attached hydrogens (tertiary/aromatic N) is 4. The number of piperazine rings is 1. The highest BCUT2D eigenvalue weighted by atomic mass is 16.2. The smallest absolute Gasteiger partial charge is 0.225 e. The summed E-state index contributed by atoms with van der Waals surface area (Å²) in [4.78, 5) is 24.5. The van der Waals surface area contributed by atoms with Gasteiger partial charge in [-0.15, -0.1) is 0 Å². The number of aromatic nitrogens is 2. The van der Waals surface area contributed by atoms with Crippen LogP contribution in [-0.2, 0) is 4.79 Å². The van der Waals surface area contributed by atoms with Crippen LogP contribution in [0.2, 0.25) is 0 Å². The van der Waals surface area contributed by atoms with E-state index in [0.29, 0.717) is 0 Å². The molecule has 2 rings (SSSR count). The first kappa shape index (κ1) is 12.8. The van der Waals surface area contributed by atoms with E-state index >= 15 is 0 Å². The van der Waals surface area contributed by atoms with E-state index in [-0.39, 0.29) is 11.8 Å². The van der Waals surface area contributed by atoms with Gasteiger partial charge in [0.1, 0.15) is 5.82 Å². The molecule has 1 aromatic rings. The fourth-order valence-electron chi connectivity index (χ4n) is 2.10. The molecule has 1 atom stereocenters. The molecule has 1 fully saturated rings. The van der Waals surface area contributed by atoms with Gasteiger partial charge in [0, 0.05) is 44.5 Å². The average molecular weight is 248 g/mol. The van der Waals surface area contributed by atoms with Gasteiger partial charge in [-0.3, -0.25) is 9.78 Å². The van der Waals surface area contributed by atoms with E-state index in [1.165, 1.54) is 0 Å². The van der Waals surface area contributed by atoms with Crippen LogP contribution in [0.1, 0.15) is 20.3 Å². The minimum Gasteiger partial charge on any atom is -0.352 e. The third kappa shape index (κ3) is 2.78. The third-order valence-corrected chi connectivity index (χ3v) is 3.50. The molecule has 1 aliphatic rings. The van der Waals surface area contributed by atoms with Crippen LogP contribution in [0.25, 0.3) is 0 Å². The van der Waals surface area contributed by atoms with Gasteiger partial charge < -0.3 is 9.80 Å². The molecule has 1 saturated heterocycles. The Morgan fingerprint density at radius 3 is 2.61 bits per heavy atom. The van der Waals surface area contributed by atoms with E-state index in [9.17, 15) is 4.79 Å². The monoisotopic (exact) mass is 248 g/mol. The molecule has 0 N–H and O–H groups in total. The van der Waals surface area contributed by atoms with Crippen molar-refractivity contribution in [1.29, 1.82) is 0 Å². The molecule has 1 aromatic heterocycles. The zero-order valence-corrected chi connectivity index (χ0v) is 11.0. The molecule has 1 aliphatic heterocycles. The minimum atomic E-state index is 0.132. The fraction of sp³-hybridized carbons (Fsp3) is 0.615. The molecule has 18 heavy (non-hydrogen) atoms. The Morgan fingerprint density at radius 1 is 1.33 bits per heavy atom. The maximum Gasteiger partial charge on any atom is 0.225 e. The van der Waals surface area contributed by atoms with Gasteiger partial charge in [0.25, 0.3) is 0 Å². The van der Waals surface area contributed by atoms with Crippen molar-refractivity contribution >= 4 is 11.7 Å². The van der Waals surface area contributed by atoms with E-state index in [4.69, 9.17) is 0 Å². The molecular formula is C13H20N4O. The van der Waals surface area contributed by atoms with Gasteiger partial charge in [0.15, 0.2) is 0 Å². The van der Waals surface area contributed by atoms with Crippen LogP contribution in [-0.4, -0.2) is 47.0 Å². The number of hydrogen-bond acceptors (Lipinski definition) is 4. The molecule has 0 bridgehead atoms. The van der Waals surface area contributed by atoms with Crippen LogP contribution in [0.15, 0.2) is 18.6 Å². The SMILES string of the molecule is CCC(C)C(=O)N1CCN(c2cnccn2)CC1. The summed E-state index contributed by atoms with van der Waals surface area (Å²) >= 11 is 0. The van der Waals surface area contributed by atoms with Crippen LogP contribution in [0.4, 0.5) is 5.82 Å². The highest BCUT2D eigenvalue weighted by Gasteiger charge is 2.24. The highest BCUT2D eigenvalue weighted by molar-refractivity contribution is 5.78. The van der Waals surface area contributed by atoms with Crippen molar-refractivity contribution in [3.63, 3.8) is 0 Å². The predicted molar refractivity (Wildman–Crippen MR) is 70.3 cm³/mol. The van der Waals surface area contributed by atoms with Crippen molar-refractivity contribution in [2.45, 2.75) is 20.3 Å². The first-order chi connectivity index (χ1) is 8.72. The summed E-state index contributed by atoms with van der Waals surface area (Å²) in [6.45, 7) is 7.27. The highest BCUT2D eigenvalue weighted by Crippen LogP contribution is 2.14. The number of carbonyl (C=O) groups excluding carboxylic acids is 1. The van der Waals surface area contributed by atoms with Gasteiger partial charge in [0.05, 0.1) is 6.20 Å². The lowest BCUT2D eigenvalue weighted by Gasteiger charge is -2.36. The van der Waals surface area contributed by atoms with Gasteiger partial charge in [-0.05, 0) is 6.42 Å². The van der Waals surface area contributed by atoms with E-state index in [1.54, 1.807) is 18.6 Å². The number of hydrogen-bond donors (Lipinski definition) is 0. The van der Waals surface area contributed by atoms with Gasteiger partial charge in [-0.1, -0.05) is 13.8 Å². The number of amides is 1. The number of anilines is 1. The average Bonchev–Trinajstić information content (AvgIpc) is 2.47. The number of rotatable bonds is 3. The summed E-state index contributed by atoms with van der Waals surface area (Å²) in [5.74, 6) is 1.30. The van der Waals surface area contributed by atoms with Crippen LogP contribution >= 0.6 is 0 Å². The Kier molecular flexibility index (Phi) is 4.12. The molecule has 0 aromatic carbocycles. The van der Waals surface area contributed by atoms with E-state index < -0.39 is 0 Å². The number of carbonyl (C=O) groups is 1. The lowest BCUT2D eigenvalue weighted by molar-refractivity contribution is -0.135. The van der Waals surface area contributed by atoms with E-state index in [0.717, 1.165) is 38.4 Å². The Hall–Kier alpha value is -1.65. The Morgan fingerprint density at radius 2 is 2.06 bits per heavy atom. The zero-order chi connectivity index (χ0) is 13.0. The van der Waals surface area contributed by atoms with Crippen molar-refractivity contribution in [3.8, 4) is 0 Å². The van der Waals surface area contributed by atoms with Crippen molar-refractivity contribution in [2.75, 3.05) is 31.1 Å². The second kappa shape index (κ2) is 5.80. The maximum absolute atomic E-state index is 12.1. The van der Waals surface area contributed by atoms with Crippen LogP contribution in [0.5, 0.6) is 0 Å². The fourth-order valence-corrected chi connectivity index (χ4v) is 2.10. The van der Waals surface area contributed by atoms with Crippen LogP contribution in [0.3, 0.4) is 0 Å². The van der Waals surface area contributed by atoms with Gasteiger partial charge >= 0.3 is 0 Å². The minimum absolute atomic E-state index is 0.132. The molecule has 1 amide bonds. The summed E-state index contributed by atoms with van der Waals surface area (Å²) in [5, 5.41) is 0. The molecule has 0 saturated carbocycles. The summed E-state index contributed by atoms with van der Waals surface area (Å²) in [6, 6.07) is 0. The normalized spacial score (nSPS) is 17.7. The third-order valence-electron chi connectivity index (χ3n) is 3.50. The molecule has 1 unspecified atom stereocenters. The molecule has 5 heteroatoms. The standard InChI is InChI=1S/C13H20N4O/c1-3-11(2)13(18)17-8-6-16(7-9-17)12-10-14-4-5-15-12/h4-5,10-11H,3,6-9H2,1-2H3. The largest absolute Gasteiger partial charge is 0.352 e. The molecule has 5 nitrogen and oxygen atoms in total. The van der Waals surface area contributed by atoms with Crippen molar-refractivity contribution in [2.24, 2.45) is 5.92 Å². The first-order valence-corrected chi connectivity index (χ1v) is 6.52. The summed E-state index contributed by atoms with van der Waals surface area (Å²) in [6.07, 6.45) is 6.05. The lowest BCUT2D eigenvalue weighted by atomic mass is 10.1. The molecule has 2 heterocycles. The summed E-state index contributed by atoms with van der Waals surface area (Å²) < 4.78 is 0. The van der Waals surface area contributed by atoms with Crippen molar-refractivity contribution in [1.82, 2.24) is 14.9 Å². The Labute approximate surface area is 108 Å². The first-order valence-electron chi connectivity index (χ1n) is 6.52. The Balaban J connectivity index is 1.90. The maximum atomic E-state index is 12.1. The van der Waals surface area contributed by atoms with Gasteiger partial charge in [-0.2, -0.15) is 0 Å². The van der Waals surface area contributed by atoms with E-state index in [2.05, 4.69) is 21.8 Å². The van der Waals surface area contributed by atoms with Crippen molar-refractivity contribution < 1.29 is 4.79 Å². The predicted octanol–water partition coefficient (Wildman–Crippen LogP) is 1.17.